The van der Waals surface area contributed by atoms with Gasteiger partial charge in [-0.3, -0.25) is 0 Å². The summed E-state index contributed by atoms with van der Waals surface area (Å²) in [6.45, 7) is 4.37. The summed E-state index contributed by atoms with van der Waals surface area (Å²) in [6.07, 6.45) is 1.29. The van der Waals surface area contributed by atoms with Crippen molar-refractivity contribution in [2.75, 3.05) is 13.1 Å². The summed E-state index contributed by atoms with van der Waals surface area (Å²) in [5.41, 5.74) is 0. The van der Waals surface area contributed by atoms with Crippen molar-refractivity contribution in [1.82, 2.24) is 14.0 Å². The third-order valence-corrected chi connectivity index (χ3v) is 5.44. The monoisotopic (exact) mass is 335 g/mol. The molecule has 0 aromatic heterocycles. The van der Waals surface area contributed by atoms with Gasteiger partial charge in [-0.15, -0.1) is 9.66 Å². The third kappa shape index (κ3) is 5.36. The normalized spacial score (nSPS) is 12.7. The first-order chi connectivity index (χ1) is 9.83. The van der Waals surface area contributed by atoms with Crippen molar-refractivity contribution < 1.29 is 16.8 Å². The number of hydrogen-bond donors (Lipinski definition) is 2. The van der Waals surface area contributed by atoms with Crippen LogP contribution in [0.4, 0.5) is 0 Å². The van der Waals surface area contributed by atoms with Gasteiger partial charge in [-0.05, 0) is 25.0 Å². The van der Waals surface area contributed by atoms with E-state index in [1.54, 1.807) is 18.2 Å². The number of nitrogens with one attached hydrogen (secondary N) is 2. The molecule has 0 radical (unpaired) electrons. The molecule has 120 valence electrons. The fraction of sp³-hybridized carbons (Fsp3) is 0.500. The minimum Gasteiger partial charge on any atom is -0.206 e. The lowest BCUT2D eigenvalue weighted by atomic mass is 10.4. The minimum atomic E-state index is -3.92. The Labute approximate surface area is 126 Å². The lowest BCUT2D eigenvalue weighted by molar-refractivity contribution is 0.400. The molecule has 0 atom stereocenters. The van der Waals surface area contributed by atoms with E-state index in [9.17, 15) is 16.8 Å². The predicted octanol–water partition coefficient (Wildman–Crippen LogP) is 0.836. The molecule has 0 unspecified atom stereocenters. The van der Waals surface area contributed by atoms with Gasteiger partial charge in [0.15, 0.2) is 0 Å². The maximum Gasteiger partial charge on any atom is 0.293 e. The zero-order valence-corrected chi connectivity index (χ0v) is 13.7. The first-order valence-electron chi connectivity index (χ1n) is 6.67. The highest BCUT2D eigenvalue weighted by Crippen LogP contribution is 2.07. The third-order valence-electron chi connectivity index (χ3n) is 2.64. The number of hydrazine groups is 1. The Balaban J connectivity index is 2.81. The highest BCUT2D eigenvalue weighted by Gasteiger charge is 2.23. The topological polar surface area (TPSA) is 95.6 Å². The highest BCUT2D eigenvalue weighted by atomic mass is 32.2. The molecular formula is C12H21N3O4S2. The Morgan fingerprint density at radius 3 is 1.90 bits per heavy atom. The van der Waals surface area contributed by atoms with Crippen LogP contribution in [0.1, 0.15) is 26.7 Å². The molecular weight excluding hydrogens is 314 g/mol. The summed E-state index contributed by atoms with van der Waals surface area (Å²) >= 11 is 0. The zero-order valence-electron chi connectivity index (χ0n) is 12.1. The van der Waals surface area contributed by atoms with E-state index in [2.05, 4.69) is 0 Å². The molecule has 0 saturated carbocycles. The fourth-order valence-corrected chi connectivity index (χ4v) is 4.15. The molecule has 0 spiro atoms. The second kappa shape index (κ2) is 7.85. The van der Waals surface area contributed by atoms with Crippen molar-refractivity contribution in [3.63, 3.8) is 0 Å². The summed E-state index contributed by atoms with van der Waals surface area (Å²) < 4.78 is 49.3. The van der Waals surface area contributed by atoms with Crippen LogP contribution >= 0.6 is 0 Å². The van der Waals surface area contributed by atoms with E-state index in [0.29, 0.717) is 25.9 Å². The Bertz CT molecular complexity index is 624. The van der Waals surface area contributed by atoms with Crippen LogP contribution in [0, 0.1) is 0 Å². The summed E-state index contributed by atoms with van der Waals surface area (Å²) in [4.78, 5) is 3.82. The van der Waals surface area contributed by atoms with E-state index in [1.807, 2.05) is 23.5 Å². The van der Waals surface area contributed by atoms with Crippen molar-refractivity contribution >= 4 is 20.2 Å². The van der Waals surface area contributed by atoms with E-state index < -0.39 is 20.2 Å². The second-order valence-electron chi connectivity index (χ2n) is 4.42. The largest absolute Gasteiger partial charge is 0.293 e. The van der Waals surface area contributed by atoms with Gasteiger partial charge >= 0.3 is 0 Å². The van der Waals surface area contributed by atoms with Crippen LogP contribution in [0.2, 0.25) is 0 Å². The molecule has 1 aromatic carbocycles. The van der Waals surface area contributed by atoms with E-state index >= 15 is 0 Å². The molecule has 1 rings (SSSR count). The Kier molecular flexibility index (Phi) is 6.75. The molecule has 0 saturated heterocycles. The van der Waals surface area contributed by atoms with Crippen LogP contribution in [-0.4, -0.2) is 34.2 Å². The summed E-state index contributed by atoms with van der Waals surface area (Å²) in [5, 5.41) is 0. The van der Waals surface area contributed by atoms with Gasteiger partial charge in [0, 0.05) is 13.1 Å². The standard InChI is InChI=1S/C12H21N3O4S2/c1-3-10-15(11-4-2)21(18,19)14-13-20(16,17)12-8-6-5-7-9-12/h5-9,13-14H,3-4,10-11H2,1-2H3. The predicted molar refractivity (Wildman–Crippen MR) is 81.0 cm³/mol. The number of nitrogens with zero attached hydrogens (tertiary/aromatic N) is 1. The average Bonchev–Trinajstić information content (AvgIpc) is 2.46. The molecule has 7 nitrogen and oxygen atoms in total. The maximum absolute atomic E-state index is 12.1. The minimum absolute atomic E-state index is 0.00904. The molecule has 0 aliphatic carbocycles. The summed E-state index contributed by atoms with van der Waals surface area (Å²) in [7, 11) is -7.82. The smallest absolute Gasteiger partial charge is 0.206 e. The number of sulfonamides is 1. The van der Waals surface area contributed by atoms with Gasteiger partial charge in [0.1, 0.15) is 0 Å². The number of hydrogen-bond acceptors (Lipinski definition) is 4. The zero-order chi connectivity index (χ0) is 15.9. The van der Waals surface area contributed by atoms with Crippen molar-refractivity contribution in [3.8, 4) is 0 Å². The molecule has 0 bridgehead atoms. The molecule has 0 aliphatic rings. The Morgan fingerprint density at radius 2 is 1.43 bits per heavy atom. The van der Waals surface area contributed by atoms with Crippen molar-refractivity contribution in [3.05, 3.63) is 30.3 Å². The van der Waals surface area contributed by atoms with Crippen LogP contribution < -0.4 is 9.66 Å². The van der Waals surface area contributed by atoms with Gasteiger partial charge < -0.3 is 0 Å². The first-order valence-corrected chi connectivity index (χ1v) is 9.59. The molecule has 9 heteroatoms. The molecule has 0 fully saturated rings. The van der Waals surface area contributed by atoms with E-state index in [-0.39, 0.29) is 4.90 Å². The summed E-state index contributed by atoms with van der Waals surface area (Å²) in [6, 6.07) is 7.56. The van der Waals surface area contributed by atoms with Crippen LogP contribution in [0.15, 0.2) is 35.2 Å². The Hall–Kier alpha value is -1.00. The second-order valence-corrected chi connectivity index (χ2v) is 7.78. The molecule has 1 aromatic rings. The first kappa shape index (κ1) is 18.1. The van der Waals surface area contributed by atoms with Crippen molar-refractivity contribution in [2.24, 2.45) is 0 Å². The average molecular weight is 335 g/mol. The lowest BCUT2D eigenvalue weighted by Gasteiger charge is -2.21. The van der Waals surface area contributed by atoms with Crippen LogP contribution in [0.5, 0.6) is 0 Å². The lowest BCUT2D eigenvalue weighted by Crippen LogP contribution is -2.49. The van der Waals surface area contributed by atoms with Crippen LogP contribution in [0.3, 0.4) is 0 Å². The van der Waals surface area contributed by atoms with Gasteiger partial charge in [-0.1, -0.05) is 32.0 Å². The van der Waals surface area contributed by atoms with E-state index in [1.165, 1.54) is 16.4 Å². The van der Waals surface area contributed by atoms with Crippen LogP contribution in [0.25, 0.3) is 0 Å². The summed E-state index contributed by atoms with van der Waals surface area (Å²) in [5.74, 6) is 0. The van der Waals surface area contributed by atoms with Crippen LogP contribution in [-0.2, 0) is 20.2 Å². The molecule has 0 heterocycles. The van der Waals surface area contributed by atoms with Gasteiger partial charge in [-0.25, -0.2) is 8.42 Å². The van der Waals surface area contributed by atoms with Gasteiger partial charge in [-0.2, -0.15) is 12.7 Å². The van der Waals surface area contributed by atoms with Gasteiger partial charge in [0.05, 0.1) is 4.90 Å². The van der Waals surface area contributed by atoms with E-state index in [0.717, 1.165) is 0 Å². The quantitative estimate of drug-likeness (QED) is 0.654. The molecule has 0 amide bonds. The molecule has 2 N–H and O–H groups in total. The van der Waals surface area contributed by atoms with Gasteiger partial charge in [0.25, 0.3) is 20.2 Å². The highest BCUT2D eigenvalue weighted by molar-refractivity contribution is 7.91. The van der Waals surface area contributed by atoms with Gasteiger partial charge in [0.2, 0.25) is 0 Å². The van der Waals surface area contributed by atoms with E-state index in [4.69, 9.17) is 0 Å². The fourth-order valence-electron chi connectivity index (χ4n) is 1.68. The SMILES string of the molecule is CCCN(CCC)S(=O)(=O)NNS(=O)(=O)c1ccccc1. The molecule has 0 aliphatic heterocycles. The van der Waals surface area contributed by atoms with Crippen molar-refractivity contribution in [2.45, 2.75) is 31.6 Å². The maximum atomic E-state index is 12.1. The molecule has 21 heavy (non-hydrogen) atoms. The van der Waals surface area contributed by atoms with Crippen molar-refractivity contribution in [1.29, 1.82) is 0 Å². The Morgan fingerprint density at radius 1 is 0.905 bits per heavy atom. The number of rotatable bonds is 9. The number of benzene rings is 1.